The number of amides is 3. The normalized spacial score (nSPS) is 24.5. The van der Waals surface area contributed by atoms with Crippen molar-refractivity contribution in [2.24, 2.45) is 23.3 Å². The maximum Gasteiger partial charge on any atom is 0.312 e. The maximum atomic E-state index is 13.7. The Labute approximate surface area is 250 Å². The number of fused-ring (bicyclic) bond motifs is 3. The molecule has 0 aliphatic heterocycles. The lowest BCUT2D eigenvalue weighted by Crippen LogP contribution is -2.65. The number of hydrogen-bond donors (Lipinski definition) is 7. The van der Waals surface area contributed by atoms with Crippen molar-refractivity contribution in [3.8, 4) is 5.75 Å². The van der Waals surface area contributed by atoms with E-state index in [9.17, 15) is 39.6 Å². The summed E-state index contributed by atoms with van der Waals surface area (Å²) < 4.78 is 0. The number of benzene rings is 1. The van der Waals surface area contributed by atoms with Crippen LogP contribution in [0.2, 0.25) is 0 Å². The molecule has 1 aromatic carbocycles. The van der Waals surface area contributed by atoms with Crippen molar-refractivity contribution < 1.29 is 39.6 Å². The van der Waals surface area contributed by atoms with Crippen molar-refractivity contribution in [1.29, 1.82) is 0 Å². The first-order valence-electron chi connectivity index (χ1n) is 13.3. The van der Waals surface area contributed by atoms with Crippen LogP contribution < -0.4 is 21.7 Å². The predicted octanol–water partition coefficient (Wildman–Crippen LogP) is 0.907. The number of aromatic hydroxyl groups is 1. The Bertz CT molecular complexity index is 1340. The van der Waals surface area contributed by atoms with Crippen molar-refractivity contribution in [2.75, 3.05) is 39.6 Å². The summed E-state index contributed by atoms with van der Waals surface area (Å²) in [6, 6.07) is 1.58. The summed E-state index contributed by atoms with van der Waals surface area (Å²) in [6.45, 7) is 2.76. The molecule has 0 radical (unpaired) electrons. The second kappa shape index (κ2) is 13.0. The van der Waals surface area contributed by atoms with E-state index in [4.69, 9.17) is 11.5 Å². The molecule has 1 fully saturated rings. The molecular weight excluding hydrogens is 570 g/mol. The first-order valence-corrected chi connectivity index (χ1v) is 13.3. The largest absolute Gasteiger partial charge is 0.508 e. The number of hydrogen-bond acceptors (Lipinski definition) is 10. The van der Waals surface area contributed by atoms with E-state index in [-0.39, 0.29) is 42.1 Å². The average Bonchev–Trinajstić information content (AvgIpc) is 2.86. The minimum atomic E-state index is -2.63. The number of Topliss-reactive ketones (excluding diaryl/α,β-unsaturated/α-hetero) is 2. The van der Waals surface area contributed by atoms with E-state index < -0.39 is 64.1 Å². The average molecular weight is 610 g/mol. The minimum Gasteiger partial charge on any atom is -0.508 e. The van der Waals surface area contributed by atoms with E-state index in [0.29, 0.717) is 12.1 Å². The van der Waals surface area contributed by atoms with Crippen molar-refractivity contribution >= 4 is 47.4 Å². The van der Waals surface area contributed by atoms with Gasteiger partial charge in [0.15, 0.2) is 11.4 Å². The van der Waals surface area contributed by atoms with E-state index in [1.54, 1.807) is 20.2 Å². The van der Waals surface area contributed by atoms with Crippen molar-refractivity contribution in [2.45, 2.75) is 44.2 Å². The number of likely N-dealkylation sites (N-methyl/N-ethyl adjacent to an activating group) is 1. The van der Waals surface area contributed by atoms with Crippen LogP contribution in [0.5, 0.6) is 5.75 Å². The lowest BCUT2D eigenvalue weighted by molar-refractivity contribution is -0.153. The highest BCUT2D eigenvalue weighted by Gasteiger charge is 2.64. The number of phenolic OH excluding ortho intramolecular Hbond substituents is 1. The zero-order valence-electron chi connectivity index (χ0n) is 24.3. The Morgan fingerprint density at radius 2 is 1.71 bits per heavy atom. The fourth-order valence-electron chi connectivity index (χ4n) is 6.03. The monoisotopic (exact) mass is 609 g/mol. The van der Waals surface area contributed by atoms with Gasteiger partial charge in [0.1, 0.15) is 22.8 Å². The molecule has 42 heavy (non-hydrogen) atoms. The molecule has 13 nitrogen and oxygen atoms in total. The molecule has 0 aromatic heterocycles. The molecule has 0 saturated heterocycles. The van der Waals surface area contributed by atoms with Gasteiger partial charge in [0, 0.05) is 37.8 Å². The Morgan fingerprint density at radius 3 is 2.21 bits per heavy atom. The Kier molecular flexibility index (Phi) is 10.7. The molecule has 14 heteroatoms. The molecule has 3 amide bonds. The molecule has 1 saturated carbocycles. The molecule has 0 spiro atoms. The zero-order chi connectivity index (χ0) is 31.0. The van der Waals surface area contributed by atoms with Crippen LogP contribution in [0.4, 0.5) is 10.5 Å². The number of aliphatic hydroxyl groups is 3. The Balaban J connectivity index is 0.000000603. The number of nitrogens with one attached hydrogen (secondary N) is 1. The molecule has 4 rings (SSSR count). The van der Waals surface area contributed by atoms with Gasteiger partial charge in [0.25, 0.3) is 5.91 Å². The number of carbonyl (C=O) groups is 4. The standard InChI is InChI=1S/C23H27N3O7.C5H12N2O.ClH/c1-25(2)12-5-6-13(27)15-10(12)7-9-8-11-17(26(3)4)19(29)16(22(24)32)21(31)23(11,33)20(30)14(9)18(15)28;1-2-3-4-7-5(6)8;/h5-6,9,11,17,27-28,31,33H,7-8H2,1-4H3,(H2,24,32);2-4H2,1H3,(H3,6,7,8);1H/t9-,11-,17-,23-;;/m0../s1. The van der Waals surface area contributed by atoms with Crippen molar-refractivity contribution in [1.82, 2.24) is 10.2 Å². The van der Waals surface area contributed by atoms with E-state index in [0.717, 1.165) is 18.5 Å². The lowest BCUT2D eigenvalue weighted by atomic mass is 9.57. The van der Waals surface area contributed by atoms with E-state index in [1.165, 1.54) is 11.0 Å². The number of primary amides is 2. The summed E-state index contributed by atoms with van der Waals surface area (Å²) in [6.07, 6.45) is 2.41. The molecule has 9 N–H and O–H groups in total. The molecule has 232 valence electrons. The number of rotatable bonds is 6. The van der Waals surface area contributed by atoms with Gasteiger partial charge in [-0.25, -0.2) is 4.79 Å². The molecule has 3 aliphatic carbocycles. The van der Waals surface area contributed by atoms with Crippen LogP contribution in [-0.4, -0.2) is 95.2 Å². The number of urea groups is 1. The summed E-state index contributed by atoms with van der Waals surface area (Å²) in [5.41, 5.74) is 7.93. The third-order valence-electron chi connectivity index (χ3n) is 7.89. The third kappa shape index (κ3) is 5.76. The number of aliphatic hydroxyl groups excluding tert-OH is 2. The molecule has 0 unspecified atom stereocenters. The third-order valence-corrected chi connectivity index (χ3v) is 7.89. The second-order valence-corrected chi connectivity index (χ2v) is 11.0. The lowest BCUT2D eigenvalue weighted by Gasteiger charge is -2.50. The minimum absolute atomic E-state index is 0. The van der Waals surface area contributed by atoms with E-state index in [2.05, 4.69) is 12.2 Å². The second-order valence-electron chi connectivity index (χ2n) is 11.0. The van der Waals surface area contributed by atoms with Gasteiger partial charge in [0.05, 0.1) is 11.6 Å². The van der Waals surface area contributed by atoms with Crippen LogP contribution in [0.1, 0.15) is 37.3 Å². The summed E-state index contributed by atoms with van der Waals surface area (Å²) in [5.74, 6) is -6.54. The van der Waals surface area contributed by atoms with Gasteiger partial charge in [-0.05, 0) is 57.0 Å². The van der Waals surface area contributed by atoms with Gasteiger partial charge < -0.3 is 42.1 Å². The first kappa shape index (κ1) is 34.4. The number of anilines is 1. The summed E-state index contributed by atoms with van der Waals surface area (Å²) in [7, 11) is 6.75. The highest BCUT2D eigenvalue weighted by molar-refractivity contribution is 6.24. The van der Waals surface area contributed by atoms with E-state index in [1.807, 2.05) is 19.0 Å². The summed E-state index contributed by atoms with van der Waals surface area (Å²) in [5, 5.41) is 46.4. The van der Waals surface area contributed by atoms with E-state index >= 15 is 0 Å². The van der Waals surface area contributed by atoms with Crippen LogP contribution in [0.25, 0.3) is 5.76 Å². The zero-order valence-corrected chi connectivity index (χ0v) is 25.1. The summed E-state index contributed by atoms with van der Waals surface area (Å²) in [4.78, 5) is 52.0. The van der Waals surface area contributed by atoms with Crippen LogP contribution in [0, 0.1) is 11.8 Å². The van der Waals surface area contributed by atoms with Gasteiger partial charge >= 0.3 is 6.03 Å². The summed E-state index contributed by atoms with van der Waals surface area (Å²) >= 11 is 0. The number of carbonyl (C=O) groups excluding carboxylic acids is 4. The molecule has 3 aliphatic rings. The van der Waals surface area contributed by atoms with Gasteiger partial charge in [0.2, 0.25) is 5.78 Å². The van der Waals surface area contributed by atoms with Crippen LogP contribution in [0.15, 0.2) is 29.0 Å². The quantitative estimate of drug-likeness (QED) is 0.178. The fraction of sp³-hybridized carbons (Fsp3) is 0.500. The fourth-order valence-corrected chi connectivity index (χ4v) is 6.03. The maximum absolute atomic E-state index is 13.7. The van der Waals surface area contributed by atoms with Gasteiger partial charge in [-0.3, -0.25) is 19.3 Å². The van der Waals surface area contributed by atoms with Crippen LogP contribution in [-0.2, 0) is 20.8 Å². The highest BCUT2D eigenvalue weighted by Crippen LogP contribution is 2.53. The van der Waals surface area contributed by atoms with Crippen LogP contribution >= 0.6 is 12.4 Å². The predicted molar refractivity (Wildman–Crippen MR) is 158 cm³/mol. The van der Waals surface area contributed by atoms with Gasteiger partial charge in [-0.2, -0.15) is 0 Å². The first-order chi connectivity index (χ1) is 19.1. The molecule has 0 bridgehead atoms. The molecule has 1 aromatic rings. The smallest absolute Gasteiger partial charge is 0.312 e. The van der Waals surface area contributed by atoms with Crippen molar-refractivity contribution in [3.05, 3.63) is 40.2 Å². The number of halogens is 1. The highest BCUT2D eigenvalue weighted by atomic mass is 35.5. The number of nitrogens with zero attached hydrogens (tertiary/aromatic N) is 2. The Morgan fingerprint density at radius 1 is 1.10 bits per heavy atom. The van der Waals surface area contributed by atoms with Gasteiger partial charge in [-0.1, -0.05) is 13.3 Å². The molecular formula is C28H40ClN5O8. The van der Waals surface area contributed by atoms with Gasteiger partial charge in [-0.15, -0.1) is 12.4 Å². The number of unbranched alkanes of at least 4 members (excludes halogenated alkanes) is 1. The Hall–Kier alpha value is -3.81. The number of phenols is 1. The number of nitrogens with two attached hydrogens (primary N) is 2. The topological polar surface area (TPSA) is 220 Å². The SMILES string of the molecule is CCCCNC(N)=O.CN(C)c1ccc(O)c2c1C[C@H]1C[C@H]3[C@H](N(C)C)C(=O)C(C(N)=O)=C(O)[C@@]3(O)C(=O)C1=C2O.Cl. The molecule has 4 atom stereocenters. The van der Waals surface area contributed by atoms with Crippen LogP contribution in [0.3, 0.4) is 0 Å². The number of ketones is 2. The molecule has 0 heterocycles. The van der Waals surface area contributed by atoms with Crippen molar-refractivity contribution in [3.63, 3.8) is 0 Å².